The first kappa shape index (κ1) is 18.7. The fourth-order valence-electron chi connectivity index (χ4n) is 2.31. The van der Waals surface area contributed by atoms with Gasteiger partial charge in [0.15, 0.2) is 0 Å². The number of carbonyl (C=O) groups is 4. The zero-order valence-electron chi connectivity index (χ0n) is 14.3. The zero-order chi connectivity index (χ0) is 20.3. The summed E-state index contributed by atoms with van der Waals surface area (Å²) >= 11 is 0. The van der Waals surface area contributed by atoms with Crippen LogP contribution in [-0.2, 0) is 14.4 Å². The minimum atomic E-state index is -1.24. The Bertz CT molecular complexity index is 990. The average Bonchev–Trinajstić information content (AvgIpc) is 3.01. The maximum atomic E-state index is 12.6. The first-order chi connectivity index (χ1) is 13.3. The molecule has 7 nitrogen and oxygen atoms in total. The van der Waals surface area contributed by atoms with Crippen LogP contribution in [0.1, 0.15) is 10.4 Å². The first-order valence-corrected chi connectivity index (χ1v) is 7.90. The van der Waals surface area contributed by atoms with Crippen LogP contribution in [0.4, 0.5) is 10.1 Å². The van der Waals surface area contributed by atoms with Gasteiger partial charge >= 0.3 is 11.9 Å². The van der Waals surface area contributed by atoms with Gasteiger partial charge in [-0.2, -0.15) is 4.39 Å². The van der Waals surface area contributed by atoms with Crippen molar-refractivity contribution in [3.05, 3.63) is 78.7 Å². The maximum Gasteiger partial charge on any atom is 0.371 e. The van der Waals surface area contributed by atoms with Gasteiger partial charge in [-0.05, 0) is 48.5 Å². The Morgan fingerprint density at radius 1 is 0.821 bits per heavy atom. The van der Waals surface area contributed by atoms with E-state index in [0.717, 1.165) is 4.90 Å². The van der Waals surface area contributed by atoms with Crippen molar-refractivity contribution in [2.75, 3.05) is 4.90 Å². The van der Waals surface area contributed by atoms with E-state index in [1.54, 1.807) is 0 Å². The predicted molar refractivity (Wildman–Crippen MR) is 95.4 cm³/mol. The van der Waals surface area contributed by atoms with Crippen molar-refractivity contribution in [3.8, 4) is 11.5 Å². The smallest absolute Gasteiger partial charge is 0.371 e. The molecule has 0 spiro atoms. The van der Waals surface area contributed by atoms with Crippen LogP contribution in [0.5, 0.6) is 11.5 Å². The summed E-state index contributed by atoms with van der Waals surface area (Å²) in [5.74, 6) is -3.81. The number of halogens is 1. The van der Waals surface area contributed by atoms with Crippen molar-refractivity contribution in [2.45, 2.75) is 0 Å². The van der Waals surface area contributed by atoms with Crippen LogP contribution in [0, 0.1) is 0 Å². The minimum absolute atomic E-state index is 0.0401. The molecule has 0 saturated heterocycles. The highest BCUT2D eigenvalue weighted by molar-refractivity contribution is 6.28. The lowest BCUT2D eigenvalue weighted by Gasteiger charge is -2.14. The number of nitrogens with zero attached hydrogens (tertiary/aromatic N) is 1. The third-order valence-electron chi connectivity index (χ3n) is 3.64. The topological polar surface area (TPSA) is 90.0 Å². The molecule has 140 valence electrons. The molecular weight excluding hydrogens is 369 g/mol. The highest BCUT2D eigenvalue weighted by Crippen LogP contribution is 2.23. The van der Waals surface area contributed by atoms with E-state index in [1.807, 2.05) is 0 Å². The monoisotopic (exact) mass is 381 g/mol. The van der Waals surface area contributed by atoms with Gasteiger partial charge in [-0.25, -0.2) is 14.5 Å². The summed E-state index contributed by atoms with van der Waals surface area (Å²) < 4.78 is 22.5. The zero-order valence-corrected chi connectivity index (χ0v) is 14.3. The van der Waals surface area contributed by atoms with Crippen molar-refractivity contribution in [3.63, 3.8) is 0 Å². The van der Waals surface area contributed by atoms with Crippen LogP contribution in [-0.4, -0.2) is 23.8 Å². The van der Waals surface area contributed by atoms with E-state index in [4.69, 9.17) is 4.74 Å². The van der Waals surface area contributed by atoms with Gasteiger partial charge < -0.3 is 9.47 Å². The third kappa shape index (κ3) is 4.01. The third-order valence-corrected chi connectivity index (χ3v) is 3.64. The van der Waals surface area contributed by atoms with Crippen molar-refractivity contribution in [2.24, 2.45) is 0 Å². The summed E-state index contributed by atoms with van der Waals surface area (Å²) in [4.78, 5) is 47.5. The number of anilines is 1. The van der Waals surface area contributed by atoms with Crippen LogP contribution in [0.2, 0.25) is 0 Å². The van der Waals surface area contributed by atoms with Gasteiger partial charge in [0.25, 0.3) is 11.8 Å². The molecule has 0 aliphatic carbocycles. The number of hydrogen-bond donors (Lipinski definition) is 0. The average molecular weight is 381 g/mol. The Morgan fingerprint density at radius 3 is 1.86 bits per heavy atom. The van der Waals surface area contributed by atoms with E-state index in [2.05, 4.69) is 11.3 Å². The van der Waals surface area contributed by atoms with E-state index in [-0.39, 0.29) is 17.1 Å². The number of rotatable bonds is 5. The van der Waals surface area contributed by atoms with Gasteiger partial charge in [-0.1, -0.05) is 6.58 Å². The summed E-state index contributed by atoms with van der Waals surface area (Å²) in [6, 6.07) is 11.1. The molecule has 2 aromatic rings. The Morgan fingerprint density at radius 2 is 1.32 bits per heavy atom. The van der Waals surface area contributed by atoms with E-state index in [0.29, 0.717) is 5.69 Å². The molecule has 2 aromatic carbocycles. The summed E-state index contributed by atoms with van der Waals surface area (Å²) in [5, 5.41) is 0. The number of carbonyl (C=O) groups excluding carboxylic acids is 4. The van der Waals surface area contributed by atoms with E-state index in [1.165, 1.54) is 60.7 Å². The van der Waals surface area contributed by atoms with Crippen LogP contribution >= 0.6 is 0 Å². The molecule has 0 saturated carbocycles. The molecule has 0 atom stereocenters. The second-order valence-electron chi connectivity index (χ2n) is 5.55. The second-order valence-corrected chi connectivity index (χ2v) is 5.55. The lowest BCUT2D eigenvalue weighted by molar-refractivity contribution is -0.131. The molecule has 0 aromatic heterocycles. The van der Waals surface area contributed by atoms with Crippen molar-refractivity contribution < 1.29 is 33.0 Å². The molecule has 28 heavy (non-hydrogen) atoms. The van der Waals surface area contributed by atoms with Crippen LogP contribution < -0.4 is 14.4 Å². The van der Waals surface area contributed by atoms with E-state index >= 15 is 0 Å². The van der Waals surface area contributed by atoms with Crippen LogP contribution in [0.15, 0.2) is 73.1 Å². The second kappa shape index (κ2) is 7.67. The quantitative estimate of drug-likeness (QED) is 0.342. The summed E-state index contributed by atoms with van der Waals surface area (Å²) in [6.45, 7) is 2.82. The SMILES string of the molecule is C=C(F)C(=O)Oc1ccc(C(=O)Oc2ccc(N3C(=O)C=CC3=O)cc2)cc1. The summed E-state index contributed by atoms with van der Waals surface area (Å²) in [6.07, 6.45) is 2.33. The molecular formula is C20H12FNO6. The Hall–Kier alpha value is -4.07. The Balaban J connectivity index is 1.64. The van der Waals surface area contributed by atoms with Gasteiger partial charge in [-0.3, -0.25) is 9.59 Å². The number of imide groups is 1. The highest BCUT2D eigenvalue weighted by Gasteiger charge is 2.25. The molecule has 1 heterocycles. The molecule has 0 radical (unpaired) electrons. The van der Waals surface area contributed by atoms with Crippen molar-refractivity contribution >= 4 is 29.4 Å². The number of benzene rings is 2. The standard InChI is InChI=1S/C20H12FNO6/c1-12(21)19(25)27-15-6-2-13(3-7-15)20(26)28-16-8-4-14(5-9-16)22-17(23)10-11-18(22)24/h2-11H,1H2. The number of amides is 2. The summed E-state index contributed by atoms with van der Waals surface area (Å²) in [7, 11) is 0. The summed E-state index contributed by atoms with van der Waals surface area (Å²) in [5.41, 5.74) is 0.512. The van der Waals surface area contributed by atoms with Gasteiger partial charge in [0, 0.05) is 12.2 Å². The van der Waals surface area contributed by atoms with Crippen molar-refractivity contribution in [1.29, 1.82) is 0 Å². The number of hydrogen-bond acceptors (Lipinski definition) is 6. The molecule has 0 fully saturated rings. The molecule has 1 aliphatic rings. The van der Waals surface area contributed by atoms with Gasteiger partial charge in [0.05, 0.1) is 11.3 Å². The molecule has 8 heteroatoms. The predicted octanol–water partition coefficient (Wildman–Crippen LogP) is 2.72. The normalized spacial score (nSPS) is 12.8. The maximum absolute atomic E-state index is 12.6. The van der Waals surface area contributed by atoms with E-state index < -0.39 is 29.6 Å². The number of ether oxygens (including phenoxy) is 2. The molecule has 3 rings (SSSR count). The molecule has 2 amide bonds. The lowest BCUT2D eigenvalue weighted by Crippen LogP contribution is -2.29. The Labute approximate surface area is 158 Å². The van der Waals surface area contributed by atoms with Crippen molar-refractivity contribution in [1.82, 2.24) is 0 Å². The Kier molecular flexibility index (Phi) is 5.12. The fourth-order valence-corrected chi connectivity index (χ4v) is 2.31. The molecule has 0 unspecified atom stereocenters. The molecule has 0 bridgehead atoms. The van der Waals surface area contributed by atoms with Gasteiger partial charge in [0.2, 0.25) is 5.83 Å². The molecule has 1 aliphatic heterocycles. The highest BCUT2D eigenvalue weighted by atomic mass is 19.1. The number of esters is 2. The molecule has 0 N–H and O–H groups in total. The lowest BCUT2D eigenvalue weighted by atomic mass is 10.2. The van der Waals surface area contributed by atoms with E-state index in [9.17, 15) is 23.6 Å². The first-order valence-electron chi connectivity index (χ1n) is 7.90. The van der Waals surface area contributed by atoms with Gasteiger partial charge in [-0.15, -0.1) is 0 Å². The largest absolute Gasteiger partial charge is 0.423 e. The van der Waals surface area contributed by atoms with Gasteiger partial charge in [0.1, 0.15) is 11.5 Å². The fraction of sp³-hybridized carbons (Fsp3) is 0. The van der Waals surface area contributed by atoms with Crippen LogP contribution in [0.3, 0.4) is 0 Å². The van der Waals surface area contributed by atoms with Crippen LogP contribution in [0.25, 0.3) is 0 Å². The minimum Gasteiger partial charge on any atom is -0.423 e.